The van der Waals surface area contributed by atoms with Crippen LogP contribution < -0.4 is 4.90 Å². The minimum absolute atomic E-state index is 0.0338. The highest BCUT2D eigenvalue weighted by molar-refractivity contribution is 6.03. The number of benzene rings is 4. The van der Waals surface area contributed by atoms with Crippen LogP contribution in [0, 0.1) is 6.92 Å². The SMILES string of the molecule is Cc1ccc(CN2C(=O)CC(c3ccc(O)cc3)c3c2ccc2ccccc32)cc1. The topological polar surface area (TPSA) is 40.5 Å². The van der Waals surface area contributed by atoms with Gasteiger partial charge in [0, 0.05) is 18.0 Å². The molecule has 1 N–H and O–H groups in total. The molecule has 0 aromatic heterocycles. The third-order valence-electron chi connectivity index (χ3n) is 6.02. The molecule has 1 amide bonds. The van der Waals surface area contributed by atoms with E-state index >= 15 is 0 Å². The van der Waals surface area contributed by atoms with Crippen LogP contribution in [0.5, 0.6) is 5.75 Å². The number of phenols is 1. The molecule has 0 saturated carbocycles. The minimum Gasteiger partial charge on any atom is -0.508 e. The summed E-state index contributed by atoms with van der Waals surface area (Å²) < 4.78 is 0. The van der Waals surface area contributed by atoms with Crippen molar-refractivity contribution in [1.82, 2.24) is 0 Å². The highest BCUT2D eigenvalue weighted by atomic mass is 16.3. The van der Waals surface area contributed by atoms with E-state index in [1.807, 2.05) is 23.1 Å². The average molecular weight is 393 g/mol. The lowest BCUT2D eigenvalue weighted by Crippen LogP contribution is -2.36. The maximum absolute atomic E-state index is 13.3. The second kappa shape index (κ2) is 7.34. The zero-order valence-corrected chi connectivity index (χ0v) is 16.9. The Kier molecular flexibility index (Phi) is 4.51. The molecular weight excluding hydrogens is 370 g/mol. The Morgan fingerprint density at radius 1 is 0.900 bits per heavy atom. The number of amides is 1. The second-order valence-electron chi connectivity index (χ2n) is 8.03. The number of phenolic OH excluding ortho intramolecular Hbond substituents is 1. The molecule has 3 heteroatoms. The molecule has 1 heterocycles. The summed E-state index contributed by atoms with van der Waals surface area (Å²) >= 11 is 0. The summed E-state index contributed by atoms with van der Waals surface area (Å²) in [6.45, 7) is 2.63. The van der Waals surface area contributed by atoms with Crippen LogP contribution in [0.1, 0.15) is 34.6 Å². The second-order valence-corrected chi connectivity index (χ2v) is 8.03. The quantitative estimate of drug-likeness (QED) is 0.469. The predicted molar refractivity (Wildman–Crippen MR) is 121 cm³/mol. The smallest absolute Gasteiger partial charge is 0.228 e. The van der Waals surface area contributed by atoms with Crippen molar-refractivity contribution in [2.75, 3.05) is 4.90 Å². The van der Waals surface area contributed by atoms with Gasteiger partial charge in [0.15, 0.2) is 0 Å². The molecule has 30 heavy (non-hydrogen) atoms. The van der Waals surface area contributed by atoms with Gasteiger partial charge >= 0.3 is 0 Å². The molecule has 1 aliphatic heterocycles. The van der Waals surface area contributed by atoms with Gasteiger partial charge in [-0.05, 0) is 52.6 Å². The maximum atomic E-state index is 13.3. The first-order valence-corrected chi connectivity index (χ1v) is 10.3. The molecule has 0 saturated heterocycles. The Labute approximate surface area is 176 Å². The van der Waals surface area contributed by atoms with Crippen molar-refractivity contribution in [1.29, 1.82) is 0 Å². The molecule has 0 spiro atoms. The summed E-state index contributed by atoms with van der Waals surface area (Å²) in [5.41, 5.74) is 5.54. The number of aromatic hydroxyl groups is 1. The van der Waals surface area contributed by atoms with E-state index < -0.39 is 0 Å². The summed E-state index contributed by atoms with van der Waals surface area (Å²) in [4.78, 5) is 15.2. The van der Waals surface area contributed by atoms with Crippen LogP contribution in [-0.2, 0) is 11.3 Å². The lowest BCUT2D eigenvalue weighted by Gasteiger charge is -2.35. The Balaban J connectivity index is 1.66. The Morgan fingerprint density at radius 2 is 1.63 bits per heavy atom. The van der Waals surface area contributed by atoms with Crippen LogP contribution in [0.15, 0.2) is 84.9 Å². The van der Waals surface area contributed by atoms with Gasteiger partial charge in [-0.1, -0.05) is 72.3 Å². The van der Waals surface area contributed by atoms with Crippen LogP contribution in [0.3, 0.4) is 0 Å². The number of aryl methyl sites for hydroxylation is 1. The summed E-state index contributed by atoms with van der Waals surface area (Å²) in [7, 11) is 0. The van der Waals surface area contributed by atoms with Crippen molar-refractivity contribution < 1.29 is 9.90 Å². The summed E-state index contributed by atoms with van der Waals surface area (Å²) in [6, 6.07) is 28.1. The first kappa shape index (κ1) is 18.4. The maximum Gasteiger partial charge on any atom is 0.228 e. The Bertz CT molecular complexity index is 1230. The fourth-order valence-electron chi connectivity index (χ4n) is 4.45. The first-order chi connectivity index (χ1) is 14.6. The summed E-state index contributed by atoms with van der Waals surface area (Å²) in [5, 5.41) is 12.1. The van der Waals surface area contributed by atoms with Crippen LogP contribution >= 0.6 is 0 Å². The number of hydrogen-bond donors (Lipinski definition) is 1. The summed E-state index contributed by atoms with van der Waals surface area (Å²) in [6.07, 6.45) is 0.414. The zero-order valence-electron chi connectivity index (χ0n) is 16.9. The number of carbonyl (C=O) groups is 1. The molecule has 4 aromatic carbocycles. The van der Waals surface area contributed by atoms with Gasteiger partial charge in [0.05, 0.1) is 6.54 Å². The number of fused-ring (bicyclic) bond motifs is 3. The van der Waals surface area contributed by atoms with Crippen molar-refractivity contribution in [3.63, 3.8) is 0 Å². The van der Waals surface area contributed by atoms with E-state index in [2.05, 4.69) is 61.5 Å². The van der Waals surface area contributed by atoms with Gasteiger partial charge in [-0.25, -0.2) is 0 Å². The highest BCUT2D eigenvalue weighted by Crippen LogP contribution is 2.44. The Morgan fingerprint density at radius 3 is 2.40 bits per heavy atom. The van der Waals surface area contributed by atoms with Crippen LogP contribution in [0.25, 0.3) is 10.8 Å². The van der Waals surface area contributed by atoms with E-state index in [0.29, 0.717) is 13.0 Å². The highest BCUT2D eigenvalue weighted by Gasteiger charge is 2.33. The number of anilines is 1. The summed E-state index contributed by atoms with van der Waals surface area (Å²) in [5.74, 6) is 0.324. The fourth-order valence-corrected chi connectivity index (χ4v) is 4.45. The third-order valence-corrected chi connectivity index (χ3v) is 6.02. The van der Waals surface area contributed by atoms with Crippen molar-refractivity contribution in [3.05, 3.63) is 107 Å². The Hall–Kier alpha value is -3.59. The van der Waals surface area contributed by atoms with Crippen LogP contribution in [-0.4, -0.2) is 11.0 Å². The van der Waals surface area contributed by atoms with Crippen LogP contribution in [0.2, 0.25) is 0 Å². The number of rotatable bonds is 3. The zero-order chi connectivity index (χ0) is 20.7. The van der Waals surface area contributed by atoms with Crippen molar-refractivity contribution >= 4 is 22.4 Å². The molecule has 0 fully saturated rings. The molecule has 1 aliphatic rings. The van der Waals surface area contributed by atoms with Crippen molar-refractivity contribution in [3.8, 4) is 5.75 Å². The molecule has 0 aliphatic carbocycles. The van der Waals surface area contributed by atoms with Gasteiger partial charge in [-0.2, -0.15) is 0 Å². The van der Waals surface area contributed by atoms with Gasteiger partial charge in [-0.3, -0.25) is 4.79 Å². The largest absolute Gasteiger partial charge is 0.508 e. The standard InChI is InChI=1S/C27H23NO2/c1-18-6-8-19(9-7-18)17-28-25-15-12-20-4-2-3-5-23(20)27(25)24(16-26(28)30)21-10-13-22(29)14-11-21/h2-15,24,29H,16-17H2,1H3. The van der Waals surface area contributed by atoms with E-state index in [0.717, 1.165) is 16.8 Å². The molecule has 3 nitrogen and oxygen atoms in total. The lowest BCUT2D eigenvalue weighted by atomic mass is 9.81. The minimum atomic E-state index is -0.0338. The van der Waals surface area contributed by atoms with E-state index in [1.54, 1.807) is 12.1 Å². The fraction of sp³-hybridized carbons (Fsp3) is 0.148. The van der Waals surface area contributed by atoms with Crippen molar-refractivity contribution in [2.24, 2.45) is 0 Å². The van der Waals surface area contributed by atoms with Crippen LogP contribution in [0.4, 0.5) is 5.69 Å². The molecule has 0 bridgehead atoms. The molecular formula is C27H23NO2. The van der Waals surface area contributed by atoms with Gasteiger partial charge in [0.1, 0.15) is 5.75 Å². The number of carbonyl (C=O) groups excluding carboxylic acids is 1. The van der Waals surface area contributed by atoms with E-state index in [-0.39, 0.29) is 17.6 Å². The molecule has 1 atom stereocenters. The first-order valence-electron chi connectivity index (χ1n) is 10.3. The van der Waals surface area contributed by atoms with Gasteiger partial charge in [-0.15, -0.1) is 0 Å². The van der Waals surface area contributed by atoms with E-state index in [4.69, 9.17) is 0 Å². The molecule has 148 valence electrons. The number of hydrogen-bond acceptors (Lipinski definition) is 2. The van der Waals surface area contributed by atoms with E-state index in [9.17, 15) is 9.90 Å². The van der Waals surface area contributed by atoms with E-state index in [1.165, 1.54) is 21.9 Å². The van der Waals surface area contributed by atoms with Crippen molar-refractivity contribution in [2.45, 2.75) is 25.8 Å². The molecule has 5 rings (SSSR count). The monoisotopic (exact) mass is 393 g/mol. The average Bonchev–Trinajstić information content (AvgIpc) is 2.77. The van der Waals surface area contributed by atoms with Gasteiger partial charge in [0.2, 0.25) is 5.91 Å². The van der Waals surface area contributed by atoms with Gasteiger partial charge in [0.25, 0.3) is 0 Å². The predicted octanol–water partition coefficient (Wildman–Crippen LogP) is 5.92. The lowest BCUT2D eigenvalue weighted by molar-refractivity contribution is -0.119. The molecule has 1 unspecified atom stereocenters. The third kappa shape index (κ3) is 3.22. The number of nitrogens with zero attached hydrogens (tertiary/aromatic N) is 1. The normalized spacial score (nSPS) is 16.0. The molecule has 0 radical (unpaired) electrons. The molecule has 4 aromatic rings. The van der Waals surface area contributed by atoms with Gasteiger partial charge < -0.3 is 10.0 Å².